The van der Waals surface area contributed by atoms with Crippen molar-refractivity contribution in [3.8, 4) is 17.2 Å². The summed E-state index contributed by atoms with van der Waals surface area (Å²) in [5.74, 6) is -4.73. The van der Waals surface area contributed by atoms with Crippen LogP contribution in [0.1, 0.15) is 20.7 Å². The molecule has 0 saturated heterocycles. The van der Waals surface area contributed by atoms with Crippen LogP contribution in [0.5, 0.6) is 17.2 Å². The van der Waals surface area contributed by atoms with Gasteiger partial charge < -0.3 is 25.7 Å². The third kappa shape index (κ3) is 3.79. The number of rotatable bonds is 4. The molecule has 2 aromatic carbocycles. The van der Waals surface area contributed by atoms with Gasteiger partial charge in [0.1, 0.15) is 22.1 Å². The van der Waals surface area contributed by atoms with Gasteiger partial charge in [0.25, 0.3) is 16.0 Å². The molecule has 0 aliphatic carbocycles. The smallest absolute Gasteiger partial charge is 0.337 e. The van der Waals surface area contributed by atoms with Crippen molar-refractivity contribution in [2.24, 2.45) is 0 Å². The summed E-state index contributed by atoms with van der Waals surface area (Å²) < 4.78 is 30.9. The van der Waals surface area contributed by atoms with Crippen LogP contribution < -0.4 is 5.32 Å². The average molecular weight is 369 g/mol. The molecule has 0 spiro atoms. The van der Waals surface area contributed by atoms with E-state index in [0.717, 1.165) is 18.2 Å². The molecular formula is C14H11NO9S. The number of phenolic OH excluding ortho intramolecular Hbond substituents is 3. The number of aromatic carboxylic acids is 1. The minimum absolute atomic E-state index is 0.215. The van der Waals surface area contributed by atoms with Crippen molar-refractivity contribution in [2.75, 3.05) is 5.32 Å². The Kier molecular flexibility index (Phi) is 4.54. The van der Waals surface area contributed by atoms with Gasteiger partial charge in [-0.1, -0.05) is 0 Å². The Morgan fingerprint density at radius 1 is 0.920 bits per heavy atom. The van der Waals surface area contributed by atoms with Crippen molar-refractivity contribution in [1.29, 1.82) is 0 Å². The highest BCUT2D eigenvalue weighted by Crippen LogP contribution is 2.31. The standard InChI is InChI=1S/C14H11NO9S/c16-6-1-2-9(7(3-6)14(20)21)15-13(19)8-4-11(18)12(5-10(8)17)25(22,23)24/h1-5,16-18H,(H,15,19)(H,20,21)(H,22,23,24). The van der Waals surface area contributed by atoms with Crippen LogP contribution in [-0.2, 0) is 10.1 Å². The molecule has 0 aliphatic rings. The first-order valence-electron chi connectivity index (χ1n) is 6.42. The van der Waals surface area contributed by atoms with Crippen LogP contribution in [0.3, 0.4) is 0 Å². The molecular weight excluding hydrogens is 358 g/mol. The topological polar surface area (TPSA) is 181 Å². The largest absolute Gasteiger partial charge is 0.508 e. The van der Waals surface area contributed by atoms with E-state index >= 15 is 0 Å². The van der Waals surface area contributed by atoms with E-state index in [1.807, 2.05) is 0 Å². The Hall–Kier alpha value is -3.31. The number of benzene rings is 2. The number of nitrogens with one attached hydrogen (secondary N) is 1. The van der Waals surface area contributed by atoms with Crippen LogP contribution in [0.2, 0.25) is 0 Å². The normalized spacial score (nSPS) is 11.1. The lowest BCUT2D eigenvalue weighted by molar-refractivity contribution is 0.0697. The second-order valence-electron chi connectivity index (χ2n) is 4.80. The molecule has 132 valence electrons. The van der Waals surface area contributed by atoms with Crippen LogP contribution >= 0.6 is 0 Å². The highest BCUT2D eigenvalue weighted by atomic mass is 32.2. The molecule has 0 heterocycles. The number of anilines is 1. The van der Waals surface area contributed by atoms with Gasteiger partial charge in [-0.15, -0.1) is 0 Å². The predicted octanol–water partition coefficient (Wildman–Crippen LogP) is 1.00. The second-order valence-corrected chi connectivity index (χ2v) is 6.19. The summed E-state index contributed by atoms with van der Waals surface area (Å²) in [6.07, 6.45) is 0. The lowest BCUT2D eigenvalue weighted by Crippen LogP contribution is -2.15. The summed E-state index contributed by atoms with van der Waals surface area (Å²) in [6.45, 7) is 0. The van der Waals surface area contributed by atoms with Crippen LogP contribution in [0, 0.1) is 0 Å². The number of carboxylic acid groups (broad SMARTS) is 1. The number of carbonyl (C=O) groups is 2. The van der Waals surface area contributed by atoms with Crippen LogP contribution in [-0.4, -0.2) is 45.3 Å². The molecule has 0 bridgehead atoms. The van der Waals surface area contributed by atoms with Gasteiger partial charge in [-0.2, -0.15) is 8.42 Å². The molecule has 10 nitrogen and oxygen atoms in total. The first-order valence-corrected chi connectivity index (χ1v) is 7.86. The van der Waals surface area contributed by atoms with Crippen LogP contribution in [0.25, 0.3) is 0 Å². The molecule has 0 aromatic heterocycles. The van der Waals surface area contributed by atoms with Gasteiger partial charge in [0.05, 0.1) is 16.8 Å². The van der Waals surface area contributed by atoms with Gasteiger partial charge in [-0.05, 0) is 24.3 Å². The van der Waals surface area contributed by atoms with Crippen molar-refractivity contribution in [1.82, 2.24) is 0 Å². The SMILES string of the molecule is O=C(Nc1ccc(O)cc1C(=O)O)c1cc(O)c(S(=O)(=O)O)cc1O. The number of aromatic hydroxyl groups is 3. The minimum Gasteiger partial charge on any atom is -0.508 e. The van der Waals surface area contributed by atoms with Crippen molar-refractivity contribution >= 4 is 27.7 Å². The molecule has 0 fully saturated rings. The Balaban J connectivity index is 2.44. The molecule has 11 heteroatoms. The molecule has 0 atom stereocenters. The average Bonchev–Trinajstić information content (AvgIpc) is 2.49. The maximum atomic E-state index is 12.2. The summed E-state index contributed by atoms with van der Waals surface area (Å²) >= 11 is 0. The zero-order valence-corrected chi connectivity index (χ0v) is 13.0. The summed E-state index contributed by atoms with van der Waals surface area (Å²) in [7, 11) is -4.83. The number of amides is 1. The third-order valence-corrected chi connectivity index (χ3v) is 3.96. The monoisotopic (exact) mass is 369 g/mol. The molecule has 0 radical (unpaired) electrons. The Morgan fingerprint density at radius 2 is 1.56 bits per heavy atom. The van der Waals surface area contributed by atoms with Crippen LogP contribution in [0.15, 0.2) is 35.2 Å². The number of hydrogen-bond donors (Lipinski definition) is 6. The van der Waals surface area contributed by atoms with Crippen molar-refractivity contribution < 1.29 is 43.0 Å². The lowest BCUT2D eigenvalue weighted by Gasteiger charge is -2.11. The lowest BCUT2D eigenvalue weighted by atomic mass is 10.1. The highest BCUT2D eigenvalue weighted by molar-refractivity contribution is 7.86. The van der Waals surface area contributed by atoms with E-state index in [4.69, 9.17) is 9.66 Å². The first kappa shape index (κ1) is 18.0. The predicted molar refractivity (Wildman–Crippen MR) is 82.6 cm³/mol. The fourth-order valence-electron chi connectivity index (χ4n) is 1.95. The summed E-state index contributed by atoms with van der Waals surface area (Å²) in [5.41, 5.74) is -1.23. The molecule has 0 aliphatic heterocycles. The maximum Gasteiger partial charge on any atom is 0.337 e. The zero-order valence-electron chi connectivity index (χ0n) is 12.2. The Morgan fingerprint density at radius 3 is 2.12 bits per heavy atom. The molecule has 2 aromatic rings. The maximum absolute atomic E-state index is 12.2. The van der Waals surface area contributed by atoms with E-state index in [1.165, 1.54) is 0 Å². The van der Waals surface area contributed by atoms with E-state index in [2.05, 4.69) is 5.32 Å². The first-order chi connectivity index (χ1) is 11.5. The second kappa shape index (κ2) is 6.30. The van der Waals surface area contributed by atoms with Gasteiger partial charge in [-0.3, -0.25) is 9.35 Å². The molecule has 25 heavy (non-hydrogen) atoms. The van der Waals surface area contributed by atoms with Gasteiger partial charge in [0.2, 0.25) is 0 Å². The van der Waals surface area contributed by atoms with Crippen molar-refractivity contribution in [3.05, 3.63) is 41.5 Å². The van der Waals surface area contributed by atoms with E-state index in [1.54, 1.807) is 0 Å². The number of carbonyl (C=O) groups excluding carboxylic acids is 1. The van der Waals surface area contributed by atoms with E-state index in [9.17, 15) is 33.3 Å². The van der Waals surface area contributed by atoms with E-state index in [0.29, 0.717) is 12.1 Å². The van der Waals surface area contributed by atoms with Gasteiger partial charge >= 0.3 is 5.97 Å². The molecule has 0 saturated carbocycles. The highest BCUT2D eigenvalue weighted by Gasteiger charge is 2.22. The molecule has 6 N–H and O–H groups in total. The van der Waals surface area contributed by atoms with Crippen molar-refractivity contribution in [2.45, 2.75) is 4.90 Å². The fourth-order valence-corrected chi connectivity index (χ4v) is 2.54. The third-order valence-electron chi connectivity index (χ3n) is 3.08. The van der Waals surface area contributed by atoms with E-state index < -0.39 is 49.5 Å². The van der Waals surface area contributed by atoms with Gasteiger partial charge in [0.15, 0.2) is 0 Å². The Labute approximate surface area is 140 Å². The van der Waals surface area contributed by atoms with Crippen LogP contribution in [0.4, 0.5) is 5.69 Å². The van der Waals surface area contributed by atoms with Crippen molar-refractivity contribution in [3.63, 3.8) is 0 Å². The van der Waals surface area contributed by atoms with E-state index in [-0.39, 0.29) is 11.4 Å². The number of hydrogen-bond acceptors (Lipinski definition) is 7. The molecule has 1 amide bonds. The fraction of sp³-hybridized carbons (Fsp3) is 0. The summed E-state index contributed by atoms with van der Waals surface area (Å²) in [4.78, 5) is 22.3. The number of phenols is 3. The minimum atomic E-state index is -4.83. The van der Waals surface area contributed by atoms with Gasteiger partial charge in [-0.25, -0.2) is 4.79 Å². The zero-order chi connectivity index (χ0) is 18.9. The Bertz CT molecular complexity index is 982. The molecule has 2 rings (SSSR count). The number of carboxylic acids is 1. The summed E-state index contributed by atoms with van der Waals surface area (Å²) in [5, 5.41) is 39.8. The molecule has 0 unspecified atom stereocenters. The summed E-state index contributed by atoms with van der Waals surface area (Å²) in [6, 6.07) is 4.15. The quantitative estimate of drug-likeness (QED) is 0.338. The van der Waals surface area contributed by atoms with Gasteiger partial charge in [0, 0.05) is 6.07 Å².